The number of carbonyl (C=O) groups is 3. The van der Waals surface area contributed by atoms with E-state index in [1.165, 1.54) is 32.2 Å². The van der Waals surface area contributed by atoms with Crippen LogP contribution in [0.15, 0.2) is 23.2 Å². The number of carbonyl (C=O) groups excluding carboxylic acids is 1. The Balaban J connectivity index is 3.34. The second kappa shape index (κ2) is 6.46. The number of aliphatic imine (C=N–C) groups is 1. The molecule has 106 valence electrons. The number of ether oxygens (including phenoxy) is 1. The maximum atomic E-state index is 11.1. The van der Waals surface area contributed by atoms with Crippen molar-refractivity contribution in [2.45, 2.75) is 6.92 Å². The Hall–Kier alpha value is -2.70. The topological polar surface area (TPSA) is 113 Å². The van der Waals surface area contributed by atoms with Gasteiger partial charge in [0, 0.05) is 5.56 Å². The molecule has 0 aliphatic rings. The molecule has 0 aromatic heterocycles. The van der Waals surface area contributed by atoms with Gasteiger partial charge in [-0.05, 0) is 25.1 Å². The Morgan fingerprint density at radius 3 is 2.45 bits per heavy atom. The van der Waals surface area contributed by atoms with Crippen LogP contribution < -0.4 is 4.74 Å². The minimum Gasteiger partial charge on any atom is -0.494 e. The molecule has 0 saturated heterocycles. The number of methoxy groups -OCH3 is 1. The van der Waals surface area contributed by atoms with Crippen LogP contribution >= 0.6 is 0 Å². The van der Waals surface area contributed by atoms with Crippen molar-refractivity contribution in [3.05, 3.63) is 23.8 Å². The van der Waals surface area contributed by atoms with Crippen LogP contribution in [-0.2, 0) is 9.59 Å². The molecule has 1 atom stereocenters. The molecule has 0 spiro atoms. The fourth-order valence-electron chi connectivity index (χ4n) is 1.44. The highest BCUT2D eigenvalue weighted by Gasteiger charge is 2.25. The molecule has 7 heteroatoms. The van der Waals surface area contributed by atoms with E-state index >= 15 is 0 Å². The maximum absolute atomic E-state index is 11.1. The third-order valence-corrected chi connectivity index (χ3v) is 2.58. The van der Waals surface area contributed by atoms with Crippen LogP contribution in [0.2, 0.25) is 0 Å². The molecule has 2 N–H and O–H groups in total. The van der Waals surface area contributed by atoms with E-state index < -0.39 is 23.6 Å². The van der Waals surface area contributed by atoms with Crippen LogP contribution in [-0.4, -0.2) is 41.3 Å². The van der Waals surface area contributed by atoms with Crippen LogP contribution in [0.4, 0.5) is 5.69 Å². The van der Waals surface area contributed by atoms with Crippen LogP contribution in [0, 0.1) is 5.92 Å². The quantitative estimate of drug-likeness (QED) is 0.600. The fraction of sp³-hybridized carbons (Fsp3) is 0.231. The minimum atomic E-state index is -1.43. The van der Waals surface area contributed by atoms with Crippen molar-refractivity contribution < 1.29 is 29.3 Å². The van der Waals surface area contributed by atoms with Gasteiger partial charge in [-0.15, -0.1) is 0 Å². The highest BCUT2D eigenvalue weighted by Crippen LogP contribution is 2.28. The van der Waals surface area contributed by atoms with Gasteiger partial charge in [0.1, 0.15) is 29.4 Å². The molecule has 1 rings (SSSR count). The van der Waals surface area contributed by atoms with E-state index in [0.29, 0.717) is 11.8 Å². The molecular weight excluding hydrogens is 266 g/mol. The zero-order valence-corrected chi connectivity index (χ0v) is 10.9. The molecule has 0 amide bonds. The average Bonchev–Trinajstić information content (AvgIpc) is 2.43. The largest absolute Gasteiger partial charge is 0.494 e. The summed E-state index contributed by atoms with van der Waals surface area (Å²) in [5.41, 5.74) is -0.0396. The number of carboxylic acids is 2. The molecule has 0 radical (unpaired) electrons. The number of benzene rings is 1. The second-order valence-corrected chi connectivity index (χ2v) is 3.91. The molecule has 1 aromatic carbocycles. The minimum absolute atomic E-state index is 0.142. The van der Waals surface area contributed by atoms with Gasteiger partial charge >= 0.3 is 11.9 Å². The summed E-state index contributed by atoms with van der Waals surface area (Å²) in [7, 11) is 1.34. The molecule has 0 fully saturated rings. The summed E-state index contributed by atoms with van der Waals surface area (Å²) < 4.78 is 5.00. The van der Waals surface area contributed by atoms with Gasteiger partial charge in [0.05, 0.1) is 7.11 Å². The first kappa shape index (κ1) is 15.4. The van der Waals surface area contributed by atoms with Crippen LogP contribution in [0.25, 0.3) is 0 Å². The number of nitrogens with zero attached hydrogens (tertiary/aromatic N) is 1. The third kappa shape index (κ3) is 3.41. The SMILES string of the molecule is COc1cc(C=O)ccc1N=C(C(=O)O)C(C)C(=O)O. The zero-order valence-electron chi connectivity index (χ0n) is 10.9. The first-order valence-electron chi connectivity index (χ1n) is 5.58. The lowest BCUT2D eigenvalue weighted by molar-refractivity contribution is -0.140. The molecule has 20 heavy (non-hydrogen) atoms. The first-order chi connectivity index (χ1) is 9.40. The number of aldehydes is 1. The van der Waals surface area contributed by atoms with Crippen LogP contribution in [0.5, 0.6) is 5.75 Å². The van der Waals surface area contributed by atoms with Gasteiger partial charge in [-0.1, -0.05) is 0 Å². The smallest absolute Gasteiger partial charge is 0.351 e. The van der Waals surface area contributed by atoms with Crippen molar-refractivity contribution in [3.63, 3.8) is 0 Å². The van der Waals surface area contributed by atoms with Gasteiger partial charge in [-0.25, -0.2) is 9.79 Å². The first-order valence-corrected chi connectivity index (χ1v) is 5.58. The van der Waals surface area contributed by atoms with Crippen molar-refractivity contribution in [2.75, 3.05) is 7.11 Å². The number of rotatable bonds is 6. The lowest BCUT2D eigenvalue weighted by Crippen LogP contribution is -2.27. The summed E-state index contributed by atoms with van der Waals surface area (Å²) >= 11 is 0. The van der Waals surface area contributed by atoms with Gasteiger partial charge in [0.15, 0.2) is 0 Å². The predicted molar refractivity (Wildman–Crippen MR) is 69.9 cm³/mol. The van der Waals surface area contributed by atoms with Gasteiger partial charge < -0.3 is 14.9 Å². The van der Waals surface area contributed by atoms with Crippen molar-refractivity contribution in [3.8, 4) is 5.75 Å². The van der Waals surface area contributed by atoms with Crippen LogP contribution in [0.3, 0.4) is 0 Å². The monoisotopic (exact) mass is 279 g/mol. The van der Waals surface area contributed by atoms with Crippen molar-refractivity contribution in [2.24, 2.45) is 10.9 Å². The number of aliphatic carboxylic acids is 2. The summed E-state index contributed by atoms with van der Waals surface area (Å²) in [5.74, 6) is -3.81. The predicted octanol–water partition coefficient (Wildman–Crippen LogP) is 1.39. The van der Waals surface area contributed by atoms with Crippen molar-refractivity contribution in [1.29, 1.82) is 0 Å². The molecule has 1 aromatic rings. The van der Waals surface area contributed by atoms with Crippen molar-refractivity contribution in [1.82, 2.24) is 0 Å². The lowest BCUT2D eigenvalue weighted by Gasteiger charge is -2.09. The molecule has 0 aliphatic carbocycles. The second-order valence-electron chi connectivity index (χ2n) is 3.91. The van der Waals surface area contributed by atoms with E-state index in [9.17, 15) is 14.4 Å². The highest BCUT2D eigenvalue weighted by molar-refractivity contribution is 6.40. The maximum Gasteiger partial charge on any atom is 0.351 e. The molecule has 0 saturated carbocycles. The number of hydrogen-bond donors (Lipinski definition) is 2. The van der Waals surface area contributed by atoms with Crippen LogP contribution in [0.1, 0.15) is 17.3 Å². The molecule has 7 nitrogen and oxygen atoms in total. The van der Waals surface area contributed by atoms with Gasteiger partial charge in [0.25, 0.3) is 0 Å². The standard InChI is InChI=1S/C13H13NO6/c1-7(12(16)17)11(13(18)19)14-9-4-3-8(6-15)5-10(9)20-2/h3-7H,1-2H3,(H,16,17)(H,18,19). The fourth-order valence-corrected chi connectivity index (χ4v) is 1.44. The molecule has 0 aliphatic heterocycles. The Bertz CT molecular complexity index is 578. The summed E-state index contributed by atoms with van der Waals surface area (Å²) in [4.78, 5) is 36.4. The average molecular weight is 279 g/mol. The van der Waals surface area contributed by atoms with E-state index in [0.717, 1.165) is 0 Å². The van der Waals surface area contributed by atoms with Gasteiger partial charge in [0.2, 0.25) is 0 Å². The van der Waals surface area contributed by atoms with E-state index in [4.69, 9.17) is 14.9 Å². The Morgan fingerprint density at radius 2 is 2.00 bits per heavy atom. The van der Waals surface area contributed by atoms with E-state index in [-0.39, 0.29) is 11.4 Å². The van der Waals surface area contributed by atoms with Gasteiger partial charge in [-0.2, -0.15) is 0 Å². The summed E-state index contributed by atoms with van der Waals surface area (Å²) in [6.45, 7) is 1.22. The molecule has 0 heterocycles. The Kier molecular flexibility index (Phi) is 4.96. The summed E-state index contributed by atoms with van der Waals surface area (Å²) in [6.07, 6.45) is 0.605. The number of hydrogen-bond acceptors (Lipinski definition) is 5. The molecular formula is C13H13NO6. The molecule has 0 bridgehead atoms. The highest BCUT2D eigenvalue weighted by atomic mass is 16.5. The van der Waals surface area contributed by atoms with E-state index in [1.54, 1.807) is 0 Å². The zero-order chi connectivity index (χ0) is 15.3. The molecule has 1 unspecified atom stereocenters. The Labute approximate surface area is 114 Å². The summed E-state index contributed by atoms with van der Waals surface area (Å²) in [6, 6.07) is 4.20. The normalized spacial score (nSPS) is 12.6. The van der Waals surface area contributed by atoms with E-state index in [1.807, 2.05) is 0 Å². The van der Waals surface area contributed by atoms with Gasteiger partial charge in [-0.3, -0.25) is 9.59 Å². The summed E-state index contributed by atoms with van der Waals surface area (Å²) in [5, 5.41) is 17.9. The van der Waals surface area contributed by atoms with E-state index in [2.05, 4.69) is 4.99 Å². The number of carboxylic acid groups (broad SMARTS) is 2. The third-order valence-electron chi connectivity index (χ3n) is 2.58. The lowest BCUT2D eigenvalue weighted by atomic mass is 10.1. The Morgan fingerprint density at radius 1 is 1.35 bits per heavy atom. The van der Waals surface area contributed by atoms with Crippen molar-refractivity contribution >= 4 is 29.6 Å².